The van der Waals surface area contributed by atoms with E-state index in [1.54, 1.807) is 0 Å². The normalized spacial score (nSPS) is 25.7. The van der Waals surface area contributed by atoms with Crippen LogP contribution in [-0.2, 0) is 13.4 Å². The molecule has 4 heterocycles. The Morgan fingerprint density at radius 2 is 1.57 bits per heavy atom. The van der Waals surface area contributed by atoms with E-state index in [0.29, 0.717) is 17.6 Å². The molecule has 4 aliphatic heterocycles. The number of nitrogens with one attached hydrogen (secondary N) is 2. The van der Waals surface area contributed by atoms with Crippen molar-refractivity contribution in [1.29, 1.82) is 0 Å². The predicted octanol–water partition coefficient (Wildman–Crippen LogP) is 4.24. The van der Waals surface area contributed by atoms with Gasteiger partial charge >= 0.3 is 33.5 Å². The number of guanidine groups is 1. The van der Waals surface area contributed by atoms with Crippen LogP contribution < -0.4 is 10.6 Å². The van der Waals surface area contributed by atoms with Crippen LogP contribution in [0.5, 0.6) is 0 Å². The molecule has 0 spiro atoms. The maximum atomic E-state index is 4.97. The molecule has 0 radical (unpaired) electrons. The molecule has 0 aliphatic carbocycles. The summed E-state index contributed by atoms with van der Waals surface area (Å²) in [5.74, 6) is 1.27. The van der Waals surface area contributed by atoms with Crippen LogP contribution in [0.1, 0.15) is 12.8 Å². The fourth-order valence-corrected chi connectivity index (χ4v) is 8.82. The summed E-state index contributed by atoms with van der Waals surface area (Å²) in [6, 6.07) is 0.685. The molecule has 4 rings (SSSR count). The molecule has 0 aromatic heterocycles. The van der Waals surface area contributed by atoms with Gasteiger partial charge in [0.15, 0.2) is 14.2 Å². The third kappa shape index (κ3) is 5.89. The van der Waals surface area contributed by atoms with Crippen molar-refractivity contribution in [2.45, 2.75) is 43.6 Å². The summed E-state index contributed by atoms with van der Waals surface area (Å²) >= 11 is -0.181. The van der Waals surface area contributed by atoms with E-state index in [2.05, 4.69) is 82.0 Å². The average Bonchev–Trinajstić information content (AvgIpc) is 2.75. The number of aliphatic imine (C=N–C) groups is 1. The van der Waals surface area contributed by atoms with Crippen molar-refractivity contribution in [3.63, 3.8) is 0 Å². The predicted molar refractivity (Wildman–Crippen MR) is 130 cm³/mol. The molecule has 0 saturated carbocycles. The molecule has 4 aliphatic rings. The zero-order chi connectivity index (χ0) is 20.7. The summed E-state index contributed by atoms with van der Waals surface area (Å²) in [6.45, 7) is 9.51. The van der Waals surface area contributed by atoms with Gasteiger partial charge < -0.3 is 27.5 Å². The molecule has 0 aromatic carbocycles. The number of halogens is 2. The molecular formula is C21H34Cl2CrN5Si-. The monoisotopic (exact) mass is 506 g/mol. The third-order valence-corrected chi connectivity index (χ3v) is 10.3. The minimum absolute atomic E-state index is 0. The fourth-order valence-electron chi connectivity index (χ4n) is 4.83. The minimum atomic E-state index is -1.85. The number of hydrogen-bond donors (Lipinski definition) is 2. The van der Waals surface area contributed by atoms with Gasteiger partial charge in [0.05, 0.1) is 0 Å². The summed E-state index contributed by atoms with van der Waals surface area (Å²) in [5, 5.41) is 7.25. The van der Waals surface area contributed by atoms with Crippen molar-refractivity contribution >= 4 is 34.3 Å². The second kappa shape index (κ2) is 12.3. The van der Waals surface area contributed by atoms with Gasteiger partial charge in [-0.1, -0.05) is 37.4 Å². The number of dihydropyridines is 2. The number of nitrogens with zero attached hydrogens (tertiary/aromatic N) is 3. The fraction of sp³-hybridized carbons (Fsp3) is 0.524. The average molecular weight is 508 g/mol. The Kier molecular flexibility index (Phi) is 10.4. The van der Waals surface area contributed by atoms with Gasteiger partial charge in [0.1, 0.15) is 0 Å². The zero-order valence-corrected chi connectivity index (χ0v) is 21.9. The van der Waals surface area contributed by atoms with Gasteiger partial charge in [-0.15, -0.1) is 0 Å². The molecule has 1 fully saturated rings. The summed E-state index contributed by atoms with van der Waals surface area (Å²) in [4.78, 5) is 7.49. The molecule has 9 heteroatoms. The van der Waals surface area contributed by atoms with Crippen molar-refractivity contribution < 1.29 is 13.4 Å². The molecule has 30 heavy (non-hydrogen) atoms. The second-order valence-corrected chi connectivity index (χ2v) is 14.8. The van der Waals surface area contributed by atoms with Gasteiger partial charge in [0.25, 0.3) is 0 Å². The summed E-state index contributed by atoms with van der Waals surface area (Å²) in [5.41, 5.74) is 0.495. The van der Waals surface area contributed by atoms with Crippen molar-refractivity contribution in [3.8, 4) is 0 Å². The topological polar surface area (TPSA) is 42.9 Å². The van der Waals surface area contributed by atoms with E-state index in [0.717, 1.165) is 13.1 Å². The van der Waals surface area contributed by atoms with Crippen LogP contribution in [0.15, 0.2) is 53.8 Å². The van der Waals surface area contributed by atoms with E-state index in [9.17, 15) is 0 Å². The molecule has 0 aromatic rings. The molecule has 2 unspecified atom stereocenters. The van der Waals surface area contributed by atoms with Crippen LogP contribution in [0.25, 0.3) is 0 Å². The third-order valence-electron chi connectivity index (χ3n) is 6.09. The van der Waals surface area contributed by atoms with Crippen LogP contribution in [0, 0.1) is 7.43 Å². The molecule has 5 nitrogen and oxygen atoms in total. The Balaban J connectivity index is 0.000000757. The van der Waals surface area contributed by atoms with Crippen molar-refractivity contribution in [3.05, 3.63) is 56.3 Å². The van der Waals surface area contributed by atoms with Crippen molar-refractivity contribution in [2.75, 3.05) is 26.2 Å². The van der Waals surface area contributed by atoms with Gasteiger partial charge in [-0.05, 0) is 37.4 Å². The van der Waals surface area contributed by atoms with Gasteiger partial charge in [-0.3, -0.25) is 4.99 Å². The zero-order valence-electron chi connectivity index (χ0n) is 18.1. The molecule has 2 atom stereocenters. The van der Waals surface area contributed by atoms with Crippen molar-refractivity contribution in [1.82, 2.24) is 20.1 Å². The van der Waals surface area contributed by atoms with Gasteiger partial charge in [0.2, 0.25) is 0 Å². The van der Waals surface area contributed by atoms with E-state index in [1.807, 2.05) is 0 Å². The number of rotatable bonds is 4. The van der Waals surface area contributed by atoms with E-state index in [4.69, 9.17) is 25.1 Å². The first-order valence-corrected chi connectivity index (χ1v) is 16.8. The first-order chi connectivity index (χ1) is 14.1. The number of allylic oxidation sites excluding steroid dienone is 4. The molecule has 2 N–H and O–H groups in total. The Morgan fingerprint density at radius 1 is 1.00 bits per heavy atom. The van der Waals surface area contributed by atoms with E-state index in [-0.39, 0.29) is 20.8 Å². The Labute approximate surface area is 198 Å². The van der Waals surface area contributed by atoms with Crippen LogP contribution in [0.2, 0.25) is 18.6 Å². The van der Waals surface area contributed by atoms with Gasteiger partial charge in [-0.25, -0.2) is 0 Å². The molecule has 0 amide bonds. The standard InChI is InChI=1S/C20H31N5Si.CH3.2ClH.Cr/c1-26(2,25-16-8-15-24-14-7-13-23-20(24)25)19(17-9-3-5-11-21-17)18-10-4-6-12-22-18;;;;/h3-6,9-12,17-19,21-22H,7-8,13-16H2,1-2H3;1H3;2*1H;/q;-1;;;+2/p-2. The number of hydrogen-bond acceptors (Lipinski definition) is 5. The van der Waals surface area contributed by atoms with Crippen LogP contribution in [0.4, 0.5) is 0 Å². The van der Waals surface area contributed by atoms with Crippen LogP contribution in [0.3, 0.4) is 0 Å². The molecule has 0 bridgehead atoms. The SMILES string of the molecule is C[Si](C)(C(C1C=CC=CN1)C1C=CC=CN1)N1CCCN2CCCN=C21.[CH3-].[Cl][Cr][Cl]. The van der Waals surface area contributed by atoms with Gasteiger partial charge in [-0.2, -0.15) is 0 Å². The summed E-state index contributed by atoms with van der Waals surface area (Å²) in [7, 11) is 7.80. The summed E-state index contributed by atoms with van der Waals surface area (Å²) in [6.07, 6.45) is 19.8. The van der Waals surface area contributed by atoms with E-state index >= 15 is 0 Å². The second-order valence-electron chi connectivity index (χ2n) is 8.14. The Bertz CT molecular complexity index is 665. The molecular weight excluding hydrogens is 473 g/mol. The quantitative estimate of drug-likeness (QED) is 0.442. The Hall–Kier alpha value is -0.841. The first kappa shape index (κ1) is 25.4. The molecule has 1 saturated heterocycles. The van der Waals surface area contributed by atoms with Gasteiger partial charge in [0, 0.05) is 43.8 Å². The van der Waals surface area contributed by atoms with E-state index < -0.39 is 8.24 Å². The first-order valence-electron chi connectivity index (χ1n) is 10.2. The number of fused-ring (bicyclic) bond motifs is 1. The van der Waals surface area contributed by atoms with Crippen LogP contribution in [-0.4, -0.2) is 61.9 Å². The Morgan fingerprint density at radius 3 is 2.10 bits per heavy atom. The maximum absolute atomic E-state index is 4.97. The van der Waals surface area contributed by atoms with E-state index in [1.165, 1.54) is 31.9 Å². The van der Waals surface area contributed by atoms with Crippen molar-refractivity contribution in [2.24, 2.45) is 4.99 Å². The molecule has 168 valence electrons. The summed E-state index contributed by atoms with van der Waals surface area (Å²) < 4.78 is 2.71. The van der Waals surface area contributed by atoms with Crippen LogP contribution >= 0.6 is 20.1 Å².